The van der Waals surface area contributed by atoms with Crippen molar-refractivity contribution < 1.29 is 13.2 Å². The summed E-state index contributed by atoms with van der Waals surface area (Å²) in [6.07, 6.45) is 2.21. The van der Waals surface area contributed by atoms with Crippen molar-refractivity contribution >= 4 is 15.8 Å². The largest absolute Gasteiger partial charge is 0.478 e. The summed E-state index contributed by atoms with van der Waals surface area (Å²) < 4.78 is 33.6. The van der Waals surface area contributed by atoms with Crippen molar-refractivity contribution in [3.05, 3.63) is 66.5 Å². The van der Waals surface area contributed by atoms with Crippen LogP contribution in [0.3, 0.4) is 0 Å². The number of nitrogens with zero attached hydrogens (tertiary/aromatic N) is 2. The van der Waals surface area contributed by atoms with Crippen LogP contribution in [0, 0.1) is 0 Å². The Hall–Kier alpha value is -2.93. The number of rotatable bonds is 6. The first-order valence-electron chi connectivity index (χ1n) is 8.12. The van der Waals surface area contributed by atoms with Crippen LogP contribution in [-0.4, -0.2) is 25.5 Å². The van der Waals surface area contributed by atoms with E-state index in [0.29, 0.717) is 12.0 Å². The smallest absolute Gasteiger partial charge is 0.263 e. The molecule has 0 saturated heterocycles. The van der Waals surface area contributed by atoms with E-state index < -0.39 is 10.0 Å². The van der Waals surface area contributed by atoms with Crippen LogP contribution < -0.4 is 9.46 Å². The van der Waals surface area contributed by atoms with Gasteiger partial charge in [-0.2, -0.15) is 0 Å². The Morgan fingerprint density at radius 3 is 2.42 bits per heavy atom. The molecule has 0 fully saturated rings. The minimum Gasteiger partial charge on any atom is -0.478 e. The molecule has 0 radical (unpaired) electrons. The van der Waals surface area contributed by atoms with E-state index in [1.54, 1.807) is 24.3 Å². The zero-order valence-corrected chi connectivity index (χ0v) is 15.3. The first-order chi connectivity index (χ1) is 12.5. The molecular formula is C19H19N3O3S. The monoisotopic (exact) mass is 369 g/mol. The summed E-state index contributed by atoms with van der Waals surface area (Å²) in [6.45, 7) is 1.93. The summed E-state index contributed by atoms with van der Waals surface area (Å²) in [4.78, 5) is 8.57. The fraction of sp³-hybridized carbons (Fsp3) is 0.158. The van der Waals surface area contributed by atoms with Gasteiger partial charge in [-0.3, -0.25) is 4.72 Å². The van der Waals surface area contributed by atoms with Crippen molar-refractivity contribution in [2.45, 2.75) is 18.2 Å². The molecule has 1 heterocycles. The normalized spacial score (nSPS) is 11.2. The number of nitrogens with one attached hydrogen (secondary N) is 1. The highest BCUT2D eigenvalue weighted by Crippen LogP contribution is 2.29. The Labute approximate surface area is 153 Å². The highest BCUT2D eigenvalue weighted by molar-refractivity contribution is 7.92. The Bertz CT molecular complexity index is 1010. The van der Waals surface area contributed by atoms with E-state index in [0.717, 1.165) is 11.3 Å². The Balaban J connectivity index is 2.03. The number of aromatic nitrogens is 2. The van der Waals surface area contributed by atoms with Crippen molar-refractivity contribution in [3.63, 3.8) is 0 Å². The molecule has 0 aliphatic rings. The van der Waals surface area contributed by atoms with E-state index in [2.05, 4.69) is 14.7 Å². The number of benzene rings is 2. The highest BCUT2D eigenvalue weighted by atomic mass is 32.2. The van der Waals surface area contributed by atoms with E-state index in [1.807, 2.05) is 37.3 Å². The SMILES string of the molecule is CCc1cnc(NS(=O)(=O)c2ccccc2-c2ccccc2)c(OC)n1. The van der Waals surface area contributed by atoms with Crippen molar-refractivity contribution in [2.75, 3.05) is 11.8 Å². The van der Waals surface area contributed by atoms with Gasteiger partial charge in [-0.25, -0.2) is 18.4 Å². The average Bonchev–Trinajstić information content (AvgIpc) is 2.68. The predicted octanol–water partition coefficient (Wildman–Crippen LogP) is 3.52. The fourth-order valence-corrected chi connectivity index (χ4v) is 3.77. The number of aryl methyl sites for hydroxylation is 1. The van der Waals surface area contributed by atoms with Crippen LogP contribution in [-0.2, 0) is 16.4 Å². The van der Waals surface area contributed by atoms with E-state index in [1.165, 1.54) is 13.3 Å². The summed E-state index contributed by atoms with van der Waals surface area (Å²) in [6, 6.07) is 16.2. The van der Waals surface area contributed by atoms with Crippen LogP contribution in [0.5, 0.6) is 5.88 Å². The molecule has 26 heavy (non-hydrogen) atoms. The Morgan fingerprint density at radius 1 is 1.04 bits per heavy atom. The molecule has 0 bridgehead atoms. The molecule has 0 unspecified atom stereocenters. The number of hydrogen-bond acceptors (Lipinski definition) is 5. The van der Waals surface area contributed by atoms with Gasteiger partial charge in [-0.15, -0.1) is 0 Å². The quantitative estimate of drug-likeness (QED) is 0.719. The fourth-order valence-electron chi connectivity index (χ4n) is 2.53. The molecule has 7 heteroatoms. The summed E-state index contributed by atoms with van der Waals surface area (Å²) >= 11 is 0. The molecular weight excluding hydrogens is 350 g/mol. The van der Waals surface area contributed by atoms with Gasteiger partial charge in [0.25, 0.3) is 15.9 Å². The average molecular weight is 369 g/mol. The molecule has 0 amide bonds. The maximum absolute atomic E-state index is 13.0. The molecule has 1 N–H and O–H groups in total. The van der Waals surface area contributed by atoms with Crippen LogP contribution in [0.15, 0.2) is 65.7 Å². The number of ether oxygens (including phenoxy) is 1. The lowest BCUT2D eigenvalue weighted by molar-refractivity contribution is 0.396. The molecule has 134 valence electrons. The van der Waals surface area contributed by atoms with Gasteiger partial charge in [0, 0.05) is 5.56 Å². The van der Waals surface area contributed by atoms with Crippen LogP contribution in [0.4, 0.5) is 5.82 Å². The molecule has 0 saturated carbocycles. The minimum atomic E-state index is -3.88. The van der Waals surface area contributed by atoms with Gasteiger partial charge in [0.2, 0.25) is 5.82 Å². The van der Waals surface area contributed by atoms with E-state index in [4.69, 9.17) is 4.74 Å². The molecule has 6 nitrogen and oxygen atoms in total. The molecule has 2 aromatic carbocycles. The number of methoxy groups -OCH3 is 1. The summed E-state index contributed by atoms with van der Waals surface area (Å²) in [7, 11) is -2.45. The second-order valence-corrected chi connectivity index (χ2v) is 7.19. The highest BCUT2D eigenvalue weighted by Gasteiger charge is 2.22. The first-order valence-corrected chi connectivity index (χ1v) is 9.60. The van der Waals surface area contributed by atoms with Gasteiger partial charge >= 0.3 is 0 Å². The molecule has 0 spiro atoms. The van der Waals surface area contributed by atoms with Crippen LogP contribution in [0.25, 0.3) is 11.1 Å². The standard InChI is InChI=1S/C19H19N3O3S/c1-3-15-13-20-18(19(21-15)25-2)22-26(23,24)17-12-8-7-11-16(17)14-9-5-4-6-10-14/h4-13H,3H2,1-2H3,(H,20,22). The first kappa shape index (κ1) is 17.9. The second kappa shape index (κ2) is 7.53. The van der Waals surface area contributed by atoms with Gasteiger partial charge in [-0.1, -0.05) is 55.5 Å². The van der Waals surface area contributed by atoms with Gasteiger partial charge in [0.1, 0.15) is 0 Å². The van der Waals surface area contributed by atoms with Crippen LogP contribution in [0.1, 0.15) is 12.6 Å². The van der Waals surface area contributed by atoms with E-state index >= 15 is 0 Å². The van der Waals surface area contributed by atoms with Gasteiger partial charge in [-0.05, 0) is 18.1 Å². The second-order valence-electron chi connectivity index (χ2n) is 5.54. The van der Waals surface area contributed by atoms with Gasteiger partial charge in [0.05, 0.1) is 23.9 Å². The Kier molecular flexibility index (Phi) is 5.18. The zero-order valence-electron chi connectivity index (χ0n) is 14.5. The lowest BCUT2D eigenvalue weighted by atomic mass is 10.1. The van der Waals surface area contributed by atoms with Crippen molar-refractivity contribution in [3.8, 4) is 17.0 Å². The lowest BCUT2D eigenvalue weighted by Gasteiger charge is -2.13. The summed E-state index contributed by atoms with van der Waals surface area (Å²) in [5.41, 5.74) is 2.14. The van der Waals surface area contributed by atoms with Crippen molar-refractivity contribution in [1.82, 2.24) is 9.97 Å². The van der Waals surface area contributed by atoms with Crippen molar-refractivity contribution in [1.29, 1.82) is 0 Å². The molecule has 0 aliphatic heterocycles. The summed E-state index contributed by atoms with van der Waals surface area (Å²) in [5.74, 6) is 0.206. The van der Waals surface area contributed by atoms with Crippen molar-refractivity contribution in [2.24, 2.45) is 0 Å². The maximum Gasteiger partial charge on any atom is 0.263 e. The van der Waals surface area contributed by atoms with Gasteiger partial charge < -0.3 is 4.74 Å². The third kappa shape index (κ3) is 3.67. The summed E-state index contributed by atoms with van der Waals surface area (Å²) in [5, 5.41) is 0. The van der Waals surface area contributed by atoms with E-state index in [-0.39, 0.29) is 16.6 Å². The number of anilines is 1. The predicted molar refractivity (Wildman–Crippen MR) is 101 cm³/mol. The topological polar surface area (TPSA) is 81.2 Å². The van der Waals surface area contributed by atoms with Crippen LogP contribution in [0.2, 0.25) is 0 Å². The molecule has 0 aliphatic carbocycles. The lowest BCUT2D eigenvalue weighted by Crippen LogP contribution is -2.16. The molecule has 1 aromatic heterocycles. The molecule has 0 atom stereocenters. The number of sulfonamides is 1. The zero-order chi connectivity index (χ0) is 18.6. The Morgan fingerprint density at radius 2 is 1.73 bits per heavy atom. The molecule has 3 rings (SSSR count). The van der Waals surface area contributed by atoms with Gasteiger partial charge in [0.15, 0.2) is 0 Å². The number of hydrogen-bond donors (Lipinski definition) is 1. The third-order valence-corrected chi connectivity index (χ3v) is 5.24. The maximum atomic E-state index is 13.0. The third-order valence-electron chi connectivity index (χ3n) is 3.84. The molecule has 3 aromatic rings. The van der Waals surface area contributed by atoms with E-state index in [9.17, 15) is 8.42 Å². The van der Waals surface area contributed by atoms with Crippen LogP contribution >= 0.6 is 0 Å². The minimum absolute atomic E-state index is 0.0626.